The van der Waals surface area contributed by atoms with Crippen molar-refractivity contribution in [2.75, 3.05) is 39.6 Å². The van der Waals surface area contributed by atoms with Crippen LogP contribution in [-0.4, -0.2) is 96.7 Å². The highest BCUT2D eigenvalue weighted by molar-refractivity contribution is 7.47. The molecule has 582 valence electrons. The summed E-state index contributed by atoms with van der Waals surface area (Å²) in [6.45, 7) is 9.54. The summed E-state index contributed by atoms with van der Waals surface area (Å²) in [7, 11) is -9.92. The van der Waals surface area contributed by atoms with Crippen molar-refractivity contribution >= 4 is 39.5 Å². The van der Waals surface area contributed by atoms with Crippen LogP contribution in [0.15, 0.2) is 0 Å². The van der Waals surface area contributed by atoms with Gasteiger partial charge in [0.25, 0.3) is 0 Å². The van der Waals surface area contributed by atoms with Crippen LogP contribution < -0.4 is 0 Å². The van der Waals surface area contributed by atoms with Gasteiger partial charge in [0.15, 0.2) is 12.2 Å². The zero-order chi connectivity index (χ0) is 72.1. The summed E-state index contributed by atoms with van der Waals surface area (Å²) in [5.41, 5.74) is 0. The molecule has 98 heavy (non-hydrogen) atoms. The SMILES string of the molecule is CCCCCCCCCCCCCCCCCCCCCC(=O)O[C@H](COC(=O)CCCCCCCCCCCCCCCCCCC)COP(=O)(O)OC[C@@H](O)COP(=O)(O)OC[C@@H](COC(=O)CCCCCCCCCCC(C)C)OC(=O)CCCCCCCCCCC(C)C. The lowest BCUT2D eigenvalue weighted by atomic mass is 10.0. The van der Waals surface area contributed by atoms with E-state index in [1.54, 1.807) is 0 Å². The molecular weight excluding hydrogens is 1280 g/mol. The van der Waals surface area contributed by atoms with E-state index in [1.165, 1.54) is 231 Å². The number of ether oxygens (including phenoxy) is 4. The van der Waals surface area contributed by atoms with Crippen molar-refractivity contribution in [3.63, 3.8) is 0 Å². The van der Waals surface area contributed by atoms with E-state index in [0.29, 0.717) is 25.7 Å². The number of hydrogen-bond acceptors (Lipinski definition) is 15. The Morgan fingerprint density at radius 2 is 0.469 bits per heavy atom. The van der Waals surface area contributed by atoms with Gasteiger partial charge in [-0.15, -0.1) is 0 Å². The maximum atomic E-state index is 13.1. The molecule has 0 saturated carbocycles. The number of unbranched alkanes of at least 4 members (excludes halogenated alkanes) is 48. The highest BCUT2D eigenvalue weighted by Gasteiger charge is 2.30. The zero-order valence-corrected chi connectivity index (χ0v) is 65.9. The maximum absolute atomic E-state index is 13.1. The first kappa shape index (κ1) is 96.1. The van der Waals surface area contributed by atoms with E-state index in [2.05, 4.69) is 41.5 Å². The van der Waals surface area contributed by atoms with Crippen LogP contribution in [0.1, 0.15) is 414 Å². The van der Waals surface area contributed by atoms with Gasteiger partial charge in [-0.05, 0) is 37.5 Å². The number of carbonyl (C=O) groups excluding carboxylic acids is 4. The number of hydrogen-bond donors (Lipinski definition) is 3. The lowest BCUT2D eigenvalue weighted by molar-refractivity contribution is -0.161. The largest absolute Gasteiger partial charge is 0.472 e. The van der Waals surface area contributed by atoms with Crippen molar-refractivity contribution in [2.45, 2.75) is 432 Å². The summed E-state index contributed by atoms with van der Waals surface area (Å²) in [4.78, 5) is 72.9. The number of esters is 4. The molecule has 3 N–H and O–H groups in total. The Balaban J connectivity index is 5.23. The van der Waals surface area contributed by atoms with Crippen LogP contribution in [0.3, 0.4) is 0 Å². The lowest BCUT2D eigenvalue weighted by Crippen LogP contribution is -2.30. The fourth-order valence-corrected chi connectivity index (χ4v) is 13.8. The van der Waals surface area contributed by atoms with Crippen LogP contribution in [0.5, 0.6) is 0 Å². The molecule has 2 unspecified atom stereocenters. The van der Waals surface area contributed by atoms with Crippen LogP contribution in [0, 0.1) is 11.8 Å². The lowest BCUT2D eigenvalue weighted by Gasteiger charge is -2.21. The van der Waals surface area contributed by atoms with E-state index < -0.39 is 97.5 Å². The fourth-order valence-electron chi connectivity index (χ4n) is 12.2. The van der Waals surface area contributed by atoms with Crippen LogP contribution in [0.25, 0.3) is 0 Å². The minimum Gasteiger partial charge on any atom is -0.462 e. The average Bonchev–Trinajstić information content (AvgIpc) is 1.26. The molecule has 0 radical (unpaired) electrons. The van der Waals surface area contributed by atoms with Gasteiger partial charge < -0.3 is 33.8 Å². The summed E-state index contributed by atoms with van der Waals surface area (Å²) in [5.74, 6) is -0.669. The minimum atomic E-state index is -4.96. The molecule has 17 nitrogen and oxygen atoms in total. The van der Waals surface area contributed by atoms with Gasteiger partial charge in [-0.2, -0.15) is 0 Å². The molecule has 5 atom stereocenters. The number of phosphoric acid groups is 2. The van der Waals surface area contributed by atoms with E-state index in [1.807, 2.05) is 0 Å². The summed E-state index contributed by atoms with van der Waals surface area (Å²) in [6.07, 6.45) is 59.8. The molecule has 0 bridgehead atoms. The first-order valence-electron chi connectivity index (χ1n) is 41.0. The third kappa shape index (κ3) is 72.4. The number of aliphatic hydroxyl groups is 1. The molecule has 19 heteroatoms. The zero-order valence-electron chi connectivity index (χ0n) is 64.1. The molecule has 0 aliphatic carbocycles. The van der Waals surface area contributed by atoms with Crippen molar-refractivity contribution in [3.05, 3.63) is 0 Å². The molecule has 0 spiro atoms. The van der Waals surface area contributed by atoms with E-state index in [4.69, 9.17) is 37.0 Å². The third-order valence-electron chi connectivity index (χ3n) is 18.5. The Morgan fingerprint density at radius 3 is 0.694 bits per heavy atom. The van der Waals surface area contributed by atoms with Gasteiger partial charge in [-0.25, -0.2) is 9.13 Å². The number of aliphatic hydroxyl groups excluding tert-OH is 1. The standard InChI is InChI=1S/C79H154O17P2/c1-7-9-11-13-15-17-19-21-23-25-26-28-30-32-34-36-45-51-57-63-78(83)95-74(67-89-76(81)61-55-49-43-35-33-31-29-27-24-22-20-18-16-14-12-10-8-2)69-93-97(85,86)91-65-73(80)66-92-98(87,88)94-70-75(96-79(84)64-58-52-46-40-38-42-48-54-60-72(5)6)68-90-77(82)62-56-50-44-39-37-41-47-53-59-71(3)4/h71-75,80H,7-70H2,1-6H3,(H,85,86)(H,87,88)/t73-,74-,75-/m1/s1. The summed E-state index contributed by atoms with van der Waals surface area (Å²) in [5, 5.41) is 10.6. The van der Waals surface area contributed by atoms with Crippen molar-refractivity contribution in [2.24, 2.45) is 11.8 Å². The van der Waals surface area contributed by atoms with Crippen molar-refractivity contribution < 1.29 is 80.2 Å². The monoisotopic (exact) mass is 1440 g/mol. The van der Waals surface area contributed by atoms with Crippen LogP contribution in [0.4, 0.5) is 0 Å². The van der Waals surface area contributed by atoms with Gasteiger partial charge in [0.1, 0.15) is 19.3 Å². The molecule has 0 aromatic heterocycles. The molecule has 0 aliphatic rings. The second-order valence-corrected chi connectivity index (χ2v) is 32.3. The Morgan fingerprint density at radius 1 is 0.276 bits per heavy atom. The minimum absolute atomic E-state index is 0.104. The predicted octanol–water partition coefficient (Wildman–Crippen LogP) is 23.5. The Labute approximate surface area is 600 Å². The summed E-state index contributed by atoms with van der Waals surface area (Å²) >= 11 is 0. The molecule has 0 fully saturated rings. The Kier molecular flexibility index (Phi) is 69.3. The number of phosphoric ester groups is 2. The fraction of sp³-hybridized carbons (Fsp3) is 0.949. The van der Waals surface area contributed by atoms with Gasteiger partial charge in [0.05, 0.1) is 26.4 Å². The topological polar surface area (TPSA) is 237 Å². The highest BCUT2D eigenvalue weighted by Crippen LogP contribution is 2.45. The average molecular weight is 1440 g/mol. The maximum Gasteiger partial charge on any atom is 0.472 e. The van der Waals surface area contributed by atoms with Crippen molar-refractivity contribution in [3.8, 4) is 0 Å². The van der Waals surface area contributed by atoms with Crippen LogP contribution in [0.2, 0.25) is 0 Å². The van der Waals surface area contributed by atoms with Gasteiger partial charge in [0, 0.05) is 25.7 Å². The summed E-state index contributed by atoms with van der Waals surface area (Å²) in [6, 6.07) is 0. The molecule has 0 heterocycles. The molecule has 0 aliphatic heterocycles. The second-order valence-electron chi connectivity index (χ2n) is 29.4. The Bertz CT molecular complexity index is 1890. The quantitative estimate of drug-likeness (QED) is 0.0222. The third-order valence-corrected chi connectivity index (χ3v) is 20.4. The molecule has 0 aromatic carbocycles. The van der Waals surface area contributed by atoms with Crippen molar-refractivity contribution in [1.29, 1.82) is 0 Å². The second kappa shape index (κ2) is 70.7. The highest BCUT2D eigenvalue weighted by atomic mass is 31.2. The normalized spacial score (nSPS) is 13.9. The van der Waals surface area contributed by atoms with Crippen molar-refractivity contribution in [1.82, 2.24) is 0 Å². The molecule has 0 amide bonds. The van der Waals surface area contributed by atoms with Gasteiger partial charge in [-0.3, -0.25) is 37.3 Å². The van der Waals surface area contributed by atoms with Gasteiger partial charge in [0.2, 0.25) is 0 Å². The first-order valence-corrected chi connectivity index (χ1v) is 44.0. The molecule has 0 rings (SSSR count). The molecule has 0 saturated heterocycles. The van der Waals surface area contributed by atoms with E-state index in [0.717, 1.165) is 102 Å². The smallest absolute Gasteiger partial charge is 0.462 e. The predicted molar refractivity (Wildman–Crippen MR) is 400 cm³/mol. The number of rotatable bonds is 78. The van der Waals surface area contributed by atoms with Gasteiger partial charge >= 0.3 is 39.5 Å². The van der Waals surface area contributed by atoms with Crippen LogP contribution in [-0.2, 0) is 65.4 Å². The number of carbonyl (C=O) groups is 4. The molecular formula is C79H154O17P2. The summed E-state index contributed by atoms with van der Waals surface area (Å²) < 4.78 is 68.6. The first-order chi connectivity index (χ1) is 47.4. The van der Waals surface area contributed by atoms with E-state index in [9.17, 15) is 43.2 Å². The Hall–Kier alpha value is -1.94. The molecule has 0 aromatic rings. The van der Waals surface area contributed by atoms with Crippen LogP contribution >= 0.6 is 15.6 Å². The van der Waals surface area contributed by atoms with E-state index >= 15 is 0 Å². The van der Waals surface area contributed by atoms with E-state index in [-0.39, 0.29) is 25.7 Å². The van der Waals surface area contributed by atoms with Gasteiger partial charge in [-0.1, -0.05) is 363 Å².